The van der Waals surface area contributed by atoms with Crippen molar-refractivity contribution in [2.75, 3.05) is 12.4 Å². The van der Waals surface area contributed by atoms with E-state index in [2.05, 4.69) is 4.98 Å². The lowest BCUT2D eigenvalue weighted by molar-refractivity contribution is 0.129. The first kappa shape index (κ1) is 11.4. The van der Waals surface area contributed by atoms with E-state index in [9.17, 15) is 0 Å². The summed E-state index contributed by atoms with van der Waals surface area (Å²) in [5, 5.41) is 7.47. The lowest BCUT2D eigenvalue weighted by atomic mass is 10.2. The van der Waals surface area contributed by atoms with E-state index >= 15 is 0 Å². The summed E-state index contributed by atoms with van der Waals surface area (Å²) in [6.07, 6.45) is 6.04. The van der Waals surface area contributed by atoms with Crippen molar-refractivity contribution in [2.24, 2.45) is 5.73 Å². The molecule has 0 aromatic carbocycles. The molecule has 2 heterocycles. The zero-order chi connectivity index (χ0) is 11.4. The number of aromatic nitrogens is 1. The molecule has 4 nitrogen and oxygen atoms in total. The molecule has 16 heavy (non-hydrogen) atoms. The average Bonchev–Trinajstić information content (AvgIpc) is 2.79. The second kappa shape index (κ2) is 5.32. The first-order valence-corrected chi connectivity index (χ1v) is 6.29. The van der Waals surface area contributed by atoms with Gasteiger partial charge in [-0.3, -0.25) is 10.4 Å². The van der Waals surface area contributed by atoms with Gasteiger partial charge < -0.3 is 10.5 Å². The zero-order valence-electron chi connectivity index (χ0n) is 8.98. The van der Waals surface area contributed by atoms with Gasteiger partial charge in [-0.05, 0) is 18.9 Å². The summed E-state index contributed by atoms with van der Waals surface area (Å²) in [5.74, 6) is 1.00. The van der Waals surface area contributed by atoms with Crippen LogP contribution in [-0.4, -0.2) is 29.3 Å². The molecule has 2 rings (SSSR count). The second-order valence-corrected chi connectivity index (χ2v) is 4.79. The van der Waals surface area contributed by atoms with Crippen molar-refractivity contribution in [1.29, 1.82) is 5.41 Å². The van der Waals surface area contributed by atoms with Gasteiger partial charge in [-0.1, -0.05) is 0 Å². The monoisotopic (exact) mass is 237 g/mol. The standard InChI is InChI=1S/C11H15N3OS/c12-11(13)9-3-4-14-6-10(9)16-7-8-2-1-5-15-8/h3-4,6,8H,1-2,5,7H2,(H3,12,13). The molecule has 3 N–H and O–H groups in total. The van der Waals surface area contributed by atoms with Crippen LogP contribution in [0.5, 0.6) is 0 Å². The predicted octanol–water partition coefficient (Wildman–Crippen LogP) is 1.64. The van der Waals surface area contributed by atoms with Crippen LogP contribution >= 0.6 is 11.8 Å². The summed E-state index contributed by atoms with van der Waals surface area (Å²) < 4.78 is 5.55. The maximum absolute atomic E-state index is 7.47. The van der Waals surface area contributed by atoms with E-state index in [1.54, 1.807) is 30.2 Å². The van der Waals surface area contributed by atoms with Gasteiger partial charge in [0.15, 0.2) is 0 Å². The third kappa shape index (κ3) is 2.74. The fourth-order valence-electron chi connectivity index (χ4n) is 1.68. The van der Waals surface area contributed by atoms with Gasteiger partial charge in [0.2, 0.25) is 0 Å². The third-order valence-electron chi connectivity index (χ3n) is 2.52. The average molecular weight is 237 g/mol. The number of hydrogen-bond acceptors (Lipinski definition) is 4. The van der Waals surface area contributed by atoms with Crippen molar-refractivity contribution in [1.82, 2.24) is 4.98 Å². The SMILES string of the molecule is N=C(N)c1ccncc1SCC1CCCO1. The highest BCUT2D eigenvalue weighted by Gasteiger charge is 2.16. The summed E-state index contributed by atoms with van der Waals surface area (Å²) in [7, 11) is 0. The van der Waals surface area contributed by atoms with Crippen molar-refractivity contribution in [3.05, 3.63) is 24.0 Å². The Labute approximate surface area is 99.1 Å². The Morgan fingerprint density at radius 1 is 1.69 bits per heavy atom. The highest BCUT2D eigenvalue weighted by Crippen LogP contribution is 2.25. The number of pyridine rings is 1. The topological polar surface area (TPSA) is 72.0 Å². The second-order valence-electron chi connectivity index (χ2n) is 3.73. The Kier molecular flexibility index (Phi) is 3.79. The van der Waals surface area contributed by atoms with Crippen LogP contribution in [0.2, 0.25) is 0 Å². The number of nitrogens with zero attached hydrogens (tertiary/aromatic N) is 1. The number of nitrogen functional groups attached to an aromatic ring is 1. The quantitative estimate of drug-likeness (QED) is 0.474. The minimum absolute atomic E-state index is 0.0947. The van der Waals surface area contributed by atoms with Crippen LogP contribution in [0.1, 0.15) is 18.4 Å². The van der Waals surface area contributed by atoms with Crippen molar-refractivity contribution >= 4 is 17.6 Å². The van der Waals surface area contributed by atoms with Gasteiger partial charge in [-0.25, -0.2) is 0 Å². The van der Waals surface area contributed by atoms with Crippen molar-refractivity contribution in [3.8, 4) is 0 Å². The molecule has 1 aliphatic rings. The highest BCUT2D eigenvalue weighted by atomic mass is 32.2. The van der Waals surface area contributed by atoms with Gasteiger partial charge in [0.1, 0.15) is 5.84 Å². The molecule has 0 saturated carbocycles. The fraction of sp³-hybridized carbons (Fsp3) is 0.455. The first-order chi connectivity index (χ1) is 7.77. The van der Waals surface area contributed by atoms with Gasteiger partial charge in [0.25, 0.3) is 0 Å². The first-order valence-electron chi connectivity index (χ1n) is 5.30. The van der Waals surface area contributed by atoms with Crippen molar-refractivity contribution in [2.45, 2.75) is 23.8 Å². The molecule has 0 spiro atoms. The maximum atomic E-state index is 7.47. The van der Waals surface area contributed by atoms with E-state index in [1.807, 2.05) is 0 Å². The van der Waals surface area contributed by atoms with Crippen LogP contribution in [0.4, 0.5) is 0 Å². The minimum atomic E-state index is 0.0947. The molecule has 1 aliphatic heterocycles. The minimum Gasteiger partial charge on any atom is -0.384 e. The van der Waals surface area contributed by atoms with Crippen molar-refractivity contribution in [3.63, 3.8) is 0 Å². The third-order valence-corrected chi connectivity index (χ3v) is 3.70. The predicted molar refractivity (Wildman–Crippen MR) is 65.0 cm³/mol. The lowest BCUT2D eigenvalue weighted by Crippen LogP contribution is -2.13. The molecule has 1 fully saturated rings. The van der Waals surface area contributed by atoms with Crippen LogP contribution < -0.4 is 5.73 Å². The van der Waals surface area contributed by atoms with Crippen LogP contribution in [0, 0.1) is 5.41 Å². The molecule has 5 heteroatoms. The van der Waals surface area contributed by atoms with E-state index in [4.69, 9.17) is 15.9 Å². The fourth-order valence-corrected chi connectivity index (χ4v) is 2.77. The van der Waals surface area contributed by atoms with Crippen LogP contribution in [0.25, 0.3) is 0 Å². The highest BCUT2D eigenvalue weighted by molar-refractivity contribution is 7.99. The molecule has 0 radical (unpaired) electrons. The Hall–Kier alpha value is -1.07. The summed E-state index contributed by atoms with van der Waals surface area (Å²) in [4.78, 5) is 5.02. The van der Waals surface area contributed by atoms with Crippen LogP contribution in [0.15, 0.2) is 23.4 Å². The summed E-state index contributed by atoms with van der Waals surface area (Å²) in [6.45, 7) is 0.873. The zero-order valence-corrected chi connectivity index (χ0v) is 9.80. The van der Waals surface area contributed by atoms with E-state index in [0.29, 0.717) is 6.10 Å². The molecule has 86 valence electrons. The number of nitrogens with one attached hydrogen (secondary N) is 1. The normalized spacial score (nSPS) is 19.9. The Balaban J connectivity index is 2.00. The largest absolute Gasteiger partial charge is 0.384 e. The Bertz CT molecular complexity index is 377. The van der Waals surface area contributed by atoms with E-state index in [0.717, 1.165) is 35.7 Å². The molecule has 1 aromatic rings. The van der Waals surface area contributed by atoms with Gasteiger partial charge in [0, 0.05) is 35.2 Å². The summed E-state index contributed by atoms with van der Waals surface area (Å²) in [5.41, 5.74) is 6.27. The Morgan fingerprint density at radius 3 is 3.25 bits per heavy atom. The molecule has 1 saturated heterocycles. The number of ether oxygens (including phenoxy) is 1. The van der Waals surface area contributed by atoms with Crippen LogP contribution in [0.3, 0.4) is 0 Å². The molecule has 0 aliphatic carbocycles. The van der Waals surface area contributed by atoms with Gasteiger partial charge >= 0.3 is 0 Å². The molecule has 0 amide bonds. The molecular weight excluding hydrogens is 222 g/mol. The lowest BCUT2D eigenvalue weighted by Gasteiger charge is -2.10. The van der Waals surface area contributed by atoms with E-state index in [1.165, 1.54) is 0 Å². The van der Waals surface area contributed by atoms with Crippen molar-refractivity contribution < 1.29 is 4.74 Å². The summed E-state index contributed by atoms with van der Waals surface area (Å²) in [6, 6.07) is 1.78. The van der Waals surface area contributed by atoms with Gasteiger partial charge in [-0.2, -0.15) is 0 Å². The van der Waals surface area contributed by atoms with E-state index in [-0.39, 0.29) is 5.84 Å². The molecule has 1 atom stereocenters. The van der Waals surface area contributed by atoms with Gasteiger partial charge in [0.05, 0.1) is 6.10 Å². The molecular formula is C11H15N3OS. The number of nitrogens with two attached hydrogens (primary N) is 1. The summed E-state index contributed by atoms with van der Waals surface area (Å²) >= 11 is 1.66. The number of amidine groups is 1. The molecule has 1 aromatic heterocycles. The molecule has 0 bridgehead atoms. The number of rotatable bonds is 4. The number of hydrogen-bond donors (Lipinski definition) is 2. The smallest absolute Gasteiger partial charge is 0.124 e. The van der Waals surface area contributed by atoms with E-state index < -0.39 is 0 Å². The maximum Gasteiger partial charge on any atom is 0.124 e. The van der Waals surface area contributed by atoms with Crippen LogP contribution in [-0.2, 0) is 4.74 Å². The molecule has 1 unspecified atom stereocenters. The van der Waals surface area contributed by atoms with Gasteiger partial charge in [-0.15, -0.1) is 11.8 Å². The Morgan fingerprint density at radius 2 is 2.56 bits per heavy atom. The number of thioether (sulfide) groups is 1.